The second-order valence-electron chi connectivity index (χ2n) is 5.50. The Morgan fingerprint density at radius 3 is 2.68 bits per heavy atom. The third kappa shape index (κ3) is 3.96. The maximum Gasteiger partial charge on any atom is 0.125 e. The van der Waals surface area contributed by atoms with Gasteiger partial charge in [-0.1, -0.05) is 15.9 Å². The molecule has 3 heteroatoms. The lowest BCUT2D eigenvalue weighted by molar-refractivity contribution is 0.405. The predicted molar refractivity (Wildman–Crippen MR) is 84.1 cm³/mol. The van der Waals surface area contributed by atoms with Crippen molar-refractivity contribution in [2.45, 2.75) is 52.0 Å². The van der Waals surface area contributed by atoms with Gasteiger partial charge in [0.05, 0.1) is 7.11 Å². The molecule has 0 aromatic heterocycles. The summed E-state index contributed by atoms with van der Waals surface area (Å²) >= 11 is 3.64. The second kappa shape index (κ2) is 6.76. The summed E-state index contributed by atoms with van der Waals surface area (Å²) in [7, 11) is 1.77. The molecule has 106 valence electrons. The van der Waals surface area contributed by atoms with E-state index in [1.807, 2.05) is 0 Å². The number of benzene rings is 1. The maximum atomic E-state index is 5.58. The van der Waals surface area contributed by atoms with Crippen molar-refractivity contribution in [1.29, 1.82) is 0 Å². The molecule has 1 aromatic carbocycles. The Hall–Kier alpha value is -0.540. The highest BCUT2D eigenvalue weighted by molar-refractivity contribution is 9.10. The Morgan fingerprint density at radius 1 is 1.32 bits per heavy atom. The van der Waals surface area contributed by atoms with Crippen LogP contribution in [0.1, 0.15) is 42.4 Å². The first-order valence-electron chi connectivity index (χ1n) is 7.19. The fraction of sp³-hybridized carbons (Fsp3) is 0.625. The zero-order valence-corrected chi connectivity index (χ0v) is 13.8. The maximum absolute atomic E-state index is 5.58. The summed E-state index contributed by atoms with van der Waals surface area (Å²) in [5.74, 6) is 1.07. The topological polar surface area (TPSA) is 21.3 Å². The lowest BCUT2D eigenvalue weighted by Crippen LogP contribution is -2.17. The molecular formula is C16H24BrNO. The summed E-state index contributed by atoms with van der Waals surface area (Å²) in [6.07, 6.45) is 6.30. The molecule has 0 unspecified atom stereocenters. The highest BCUT2D eigenvalue weighted by Crippen LogP contribution is 2.33. The highest BCUT2D eigenvalue weighted by Gasteiger charge is 2.19. The number of nitrogens with one attached hydrogen (secondary N) is 1. The zero-order chi connectivity index (χ0) is 13.8. The van der Waals surface area contributed by atoms with Crippen LogP contribution in [0.15, 0.2) is 10.5 Å². The molecule has 1 saturated carbocycles. The van der Waals surface area contributed by atoms with E-state index in [9.17, 15) is 0 Å². The summed E-state index contributed by atoms with van der Waals surface area (Å²) in [5.41, 5.74) is 3.89. The first kappa shape index (κ1) is 14.9. The lowest BCUT2D eigenvalue weighted by Gasteiger charge is -2.16. The van der Waals surface area contributed by atoms with E-state index in [-0.39, 0.29) is 0 Å². The molecule has 2 rings (SSSR count). The Bertz CT molecular complexity index is 441. The Balaban J connectivity index is 1.93. The number of unbranched alkanes of at least 4 members (excludes halogenated alkanes) is 1. The third-order valence-corrected chi connectivity index (χ3v) is 4.68. The number of ether oxygens (including phenoxy) is 1. The van der Waals surface area contributed by atoms with E-state index >= 15 is 0 Å². The lowest BCUT2D eigenvalue weighted by atomic mass is 9.99. The molecule has 0 amide bonds. The SMILES string of the molecule is COc1c(C)cc(Br)c(C)c1CCCCNC1CC1. The molecule has 0 atom stereocenters. The van der Waals surface area contributed by atoms with Crippen LogP contribution in [-0.4, -0.2) is 19.7 Å². The van der Waals surface area contributed by atoms with Crippen LogP contribution in [0.3, 0.4) is 0 Å². The highest BCUT2D eigenvalue weighted by atomic mass is 79.9. The van der Waals surface area contributed by atoms with E-state index in [0.29, 0.717) is 0 Å². The summed E-state index contributed by atoms with van der Waals surface area (Å²) in [4.78, 5) is 0. The van der Waals surface area contributed by atoms with Gasteiger partial charge in [0.25, 0.3) is 0 Å². The fourth-order valence-corrected chi connectivity index (χ4v) is 3.10. The number of hydrogen-bond acceptors (Lipinski definition) is 2. The van der Waals surface area contributed by atoms with Crippen molar-refractivity contribution in [2.24, 2.45) is 0 Å². The summed E-state index contributed by atoms with van der Waals surface area (Å²) in [5, 5.41) is 3.57. The van der Waals surface area contributed by atoms with Gasteiger partial charge in [-0.2, -0.15) is 0 Å². The standard InChI is InChI=1S/C16H24BrNO/c1-11-10-15(17)12(2)14(16(11)19-3)6-4-5-9-18-13-7-8-13/h10,13,18H,4-9H2,1-3H3. The number of aryl methyl sites for hydroxylation is 1. The predicted octanol–water partition coefficient (Wildman–Crippen LogP) is 4.15. The number of methoxy groups -OCH3 is 1. The van der Waals surface area contributed by atoms with Gasteiger partial charge in [-0.3, -0.25) is 0 Å². The average Bonchev–Trinajstić information content (AvgIpc) is 3.18. The van der Waals surface area contributed by atoms with Gasteiger partial charge in [-0.15, -0.1) is 0 Å². The van der Waals surface area contributed by atoms with Gasteiger partial charge < -0.3 is 10.1 Å². The zero-order valence-electron chi connectivity index (χ0n) is 12.2. The Labute approximate surface area is 125 Å². The van der Waals surface area contributed by atoms with Gasteiger partial charge in [0.1, 0.15) is 5.75 Å². The van der Waals surface area contributed by atoms with Crippen LogP contribution >= 0.6 is 15.9 Å². The van der Waals surface area contributed by atoms with Crippen LogP contribution in [0.25, 0.3) is 0 Å². The van der Waals surface area contributed by atoms with Crippen molar-refractivity contribution in [1.82, 2.24) is 5.32 Å². The van der Waals surface area contributed by atoms with Crippen LogP contribution in [0, 0.1) is 13.8 Å². The summed E-state index contributed by atoms with van der Waals surface area (Å²) in [6, 6.07) is 2.97. The number of rotatable bonds is 7. The van der Waals surface area contributed by atoms with Crippen LogP contribution in [0.4, 0.5) is 0 Å². The molecule has 1 fully saturated rings. The first-order valence-corrected chi connectivity index (χ1v) is 7.98. The Kier molecular flexibility index (Phi) is 5.28. The largest absolute Gasteiger partial charge is 0.496 e. The van der Waals surface area contributed by atoms with Crippen molar-refractivity contribution in [2.75, 3.05) is 13.7 Å². The minimum atomic E-state index is 0.824. The van der Waals surface area contributed by atoms with Gasteiger partial charge in [0.15, 0.2) is 0 Å². The molecule has 0 bridgehead atoms. The van der Waals surface area contributed by atoms with Crippen LogP contribution in [0.2, 0.25) is 0 Å². The molecule has 1 N–H and O–H groups in total. The van der Waals surface area contributed by atoms with E-state index in [1.165, 1.54) is 46.8 Å². The molecule has 1 aliphatic rings. The molecule has 2 nitrogen and oxygen atoms in total. The molecule has 0 radical (unpaired) electrons. The minimum Gasteiger partial charge on any atom is -0.496 e. The molecule has 0 heterocycles. The monoisotopic (exact) mass is 325 g/mol. The smallest absolute Gasteiger partial charge is 0.125 e. The summed E-state index contributed by atoms with van der Waals surface area (Å²) < 4.78 is 6.77. The van der Waals surface area contributed by atoms with E-state index in [2.05, 4.69) is 41.2 Å². The van der Waals surface area contributed by atoms with Crippen molar-refractivity contribution >= 4 is 15.9 Å². The van der Waals surface area contributed by atoms with Crippen LogP contribution < -0.4 is 10.1 Å². The van der Waals surface area contributed by atoms with Gasteiger partial charge in [-0.25, -0.2) is 0 Å². The Morgan fingerprint density at radius 2 is 2.05 bits per heavy atom. The van der Waals surface area contributed by atoms with Crippen molar-refractivity contribution in [3.8, 4) is 5.75 Å². The average molecular weight is 326 g/mol. The van der Waals surface area contributed by atoms with Gasteiger partial charge in [-0.05, 0) is 75.3 Å². The molecular weight excluding hydrogens is 302 g/mol. The van der Waals surface area contributed by atoms with E-state index in [4.69, 9.17) is 4.74 Å². The molecule has 0 saturated heterocycles. The van der Waals surface area contributed by atoms with Crippen molar-refractivity contribution in [3.63, 3.8) is 0 Å². The second-order valence-corrected chi connectivity index (χ2v) is 6.35. The van der Waals surface area contributed by atoms with E-state index in [1.54, 1.807) is 7.11 Å². The minimum absolute atomic E-state index is 0.824. The van der Waals surface area contributed by atoms with Crippen LogP contribution in [-0.2, 0) is 6.42 Å². The number of halogens is 1. The normalized spacial score (nSPS) is 14.7. The van der Waals surface area contributed by atoms with Gasteiger partial charge in [0.2, 0.25) is 0 Å². The molecule has 19 heavy (non-hydrogen) atoms. The molecule has 1 aliphatic carbocycles. The third-order valence-electron chi connectivity index (χ3n) is 3.85. The van der Waals surface area contributed by atoms with Gasteiger partial charge >= 0.3 is 0 Å². The summed E-state index contributed by atoms with van der Waals surface area (Å²) in [6.45, 7) is 5.43. The fourth-order valence-electron chi connectivity index (χ4n) is 2.52. The van der Waals surface area contributed by atoms with Crippen molar-refractivity contribution in [3.05, 3.63) is 27.2 Å². The molecule has 0 aliphatic heterocycles. The van der Waals surface area contributed by atoms with Crippen LogP contribution in [0.5, 0.6) is 5.75 Å². The first-order chi connectivity index (χ1) is 9.13. The van der Waals surface area contributed by atoms with E-state index < -0.39 is 0 Å². The quantitative estimate of drug-likeness (QED) is 0.760. The molecule has 0 spiro atoms. The molecule has 1 aromatic rings. The van der Waals surface area contributed by atoms with Gasteiger partial charge in [0, 0.05) is 10.5 Å². The van der Waals surface area contributed by atoms with Crippen molar-refractivity contribution < 1.29 is 4.74 Å². The van der Waals surface area contributed by atoms with E-state index in [0.717, 1.165) is 24.8 Å². The number of hydrogen-bond donors (Lipinski definition) is 1.